The molecule has 0 bridgehead atoms. The maximum Gasteiger partial charge on any atom is 0.224 e. The highest BCUT2D eigenvalue weighted by Gasteiger charge is 2.28. The summed E-state index contributed by atoms with van der Waals surface area (Å²) >= 11 is 1.73. The molecule has 2 aromatic carbocycles. The molecule has 162 valence electrons. The van der Waals surface area contributed by atoms with Gasteiger partial charge in [-0.25, -0.2) is 0 Å². The van der Waals surface area contributed by atoms with Crippen LogP contribution in [-0.2, 0) is 17.0 Å². The second kappa shape index (κ2) is 10.5. The van der Waals surface area contributed by atoms with Crippen LogP contribution in [0.2, 0.25) is 0 Å². The number of hydrogen-bond acceptors (Lipinski definition) is 6. The summed E-state index contributed by atoms with van der Waals surface area (Å²) in [5, 5.41) is 20.2. The smallest absolute Gasteiger partial charge is 0.224 e. The number of rotatable bonds is 8. The van der Waals surface area contributed by atoms with Gasteiger partial charge in [0.15, 0.2) is 0 Å². The van der Waals surface area contributed by atoms with Gasteiger partial charge in [0.1, 0.15) is 11.5 Å². The second-order valence-corrected chi connectivity index (χ2v) is 8.95. The number of amides is 1. The monoisotopic (exact) mass is 437 g/mol. The van der Waals surface area contributed by atoms with E-state index in [0.717, 1.165) is 43.1 Å². The van der Waals surface area contributed by atoms with Gasteiger partial charge in [0, 0.05) is 29.1 Å². The SMILES string of the molecule is O=C(C[C@@H]1CCNC[C@H]1Cc1cc(CSc2ccccc2)on1)Nc1cccc(O)c1. The largest absolute Gasteiger partial charge is 0.508 e. The zero-order valence-corrected chi connectivity index (χ0v) is 18.1. The topological polar surface area (TPSA) is 87.4 Å². The Balaban J connectivity index is 1.31. The lowest BCUT2D eigenvalue weighted by atomic mass is 9.81. The molecular formula is C24H27N3O3S. The van der Waals surface area contributed by atoms with Crippen molar-refractivity contribution >= 4 is 23.4 Å². The minimum absolute atomic E-state index is 0.0254. The van der Waals surface area contributed by atoms with Gasteiger partial charge in [-0.2, -0.15) is 0 Å². The van der Waals surface area contributed by atoms with Crippen molar-refractivity contribution in [1.29, 1.82) is 0 Å². The zero-order chi connectivity index (χ0) is 21.5. The summed E-state index contributed by atoms with van der Waals surface area (Å²) in [7, 11) is 0. The van der Waals surface area contributed by atoms with E-state index in [4.69, 9.17) is 4.52 Å². The van der Waals surface area contributed by atoms with Gasteiger partial charge in [0.2, 0.25) is 5.91 Å². The van der Waals surface area contributed by atoms with E-state index in [2.05, 4.69) is 27.9 Å². The highest BCUT2D eigenvalue weighted by molar-refractivity contribution is 7.98. The number of nitrogens with one attached hydrogen (secondary N) is 2. The van der Waals surface area contributed by atoms with Gasteiger partial charge in [-0.3, -0.25) is 4.79 Å². The number of piperidine rings is 1. The lowest BCUT2D eigenvalue weighted by Crippen LogP contribution is -2.39. The number of benzene rings is 2. The molecule has 6 nitrogen and oxygen atoms in total. The van der Waals surface area contributed by atoms with Crippen molar-refractivity contribution in [2.45, 2.75) is 29.9 Å². The number of anilines is 1. The normalized spacial score (nSPS) is 18.6. The zero-order valence-electron chi connectivity index (χ0n) is 17.3. The highest BCUT2D eigenvalue weighted by Crippen LogP contribution is 2.28. The number of hydrogen-bond donors (Lipinski definition) is 3. The molecule has 7 heteroatoms. The molecule has 2 heterocycles. The van der Waals surface area contributed by atoms with Crippen LogP contribution in [0.15, 0.2) is 70.1 Å². The fourth-order valence-corrected chi connectivity index (χ4v) is 4.77. The summed E-state index contributed by atoms with van der Waals surface area (Å²) < 4.78 is 5.54. The summed E-state index contributed by atoms with van der Waals surface area (Å²) in [5.74, 6) is 2.33. The van der Waals surface area contributed by atoms with Gasteiger partial charge in [0.05, 0.1) is 11.4 Å². The lowest BCUT2D eigenvalue weighted by molar-refractivity contribution is -0.117. The van der Waals surface area contributed by atoms with Crippen molar-refractivity contribution in [3.8, 4) is 5.75 Å². The maximum absolute atomic E-state index is 12.6. The first-order valence-corrected chi connectivity index (χ1v) is 11.6. The summed E-state index contributed by atoms with van der Waals surface area (Å²) in [6, 6.07) is 18.9. The molecule has 1 amide bonds. The Hall–Kier alpha value is -2.77. The Morgan fingerprint density at radius 3 is 2.87 bits per heavy atom. The van der Waals surface area contributed by atoms with Crippen molar-refractivity contribution in [2.75, 3.05) is 18.4 Å². The molecule has 1 fully saturated rings. The molecule has 3 aromatic rings. The fraction of sp³-hybridized carbons (Fsp3) is 0.333. The summed E-state index contributed by atoms with van der Waals surface area (Å²) in [6.07, 6.45) is 2.19. The third kappa shape index (κ3) is 6.35. The van der Waals surface area contributed by atoms with Gasteiger partial charge in [-0.15, -0.1) is 11.8 Å². The molecule has 31 heavy (non-hydrogen) atoms. The molecule has 1 aliphatic heterocycles. The third-order valence-electron chi connectivity index (χ3n) is 5.55. The number of nitrogens with zero attached hydrogens (tertiary/aromatic N) is 1. The van der Waals surface area contributed by atoms with Crippen LogP contribution in [0.3, 0.4) is 0 Å². The van der Waals surface area contributed by atoms with Crippen LogP contribution < -0.4 is 10.6 Å². The first-order valence-electron chi connectivity index (χ1n) is 10.6. The van der Waals surface area contributed by atoms with Crippen molar-refractivity contribution in [2.24, 2.45) is 11.8 Å². The molecular weight excluding hydrogens is 410 g/mol. The minimum atomic E-state index is -0.0254. The van der Waals surface area contributed by atoms with E-state index >= 15 is 0 Å². The first-order chi connectivity index (χ1) is 15.2. The van der Waals surface area contributed by atoms with Gasteiger partial charge in [-0.05, 0) is 62.0 Å². The lowest BCUT2D eigenvalue weighted by Gasteiger charge is -2.31. The van der Waals surface area contributed by atoms with Crippen LogP contribution >= 0.6 is 11.8 Å². The van der Waals surface area contributed by atoms with Crippen molar-refractivity contribution in [3.63, 3.8) is 0 Å². The molecule has 0 spiro atoms. The molecule has 4 rings (SSSR count). The number of carbonyl (C=O) groups excluding carboxylic acids is 1. The molecule has 1 aliphatic rings. The summed E-state index contributed by atoms with van der Waals surface area (Å²) in [6.45, 7) is 1.78. The predicted molar refractivity (Wildman–Crippen MR) is 122 cm³/mol. The minimum Gasteiger partial charge on any atom is -0.508 e. The van der Waals surface area contributed by atoms with Crippen LogP contribution in [-0.4, -0.2) is 29.3 Å². The van der Waals surface area contributed by atoms with E-state index < -0.39 is 0 Å². The number of carbonyl (C=O) groups is 1. The van der Waals surface area contributed by atoms with E-state index in [0.29, 0.717) is 18.0 Å². The number of phenols is 1. The van der Waals surface area contributed by atoms with Crippen molar-refractivity contribution in [3.05, 3.63) is 72.1 Å². The maximum atomic E-state index is 12.6. The molecule has 2 atom stereocenters. The van der Waals surface area contributed by atoms with Gasteiger partial charge in [0.25, 0.3) is 0 Å². The third-order valence-corrected chi connectivity index (χ3v) is 6.58. The van der Waals surface area contributed by atoms with Crippen LogP contribution in [0.4, 0.5) is 5.69 Å². The van der Waals surface area contributed by atoms with Crippen LogP contribution in [0.5, 0.6) is 5.75 Å². The Kier molecular flexibility index (Phi) is 7.27. The average molecular weight is 438 g/mol. The Morgan fingerprint density at radius 1 is 1.16 bits per heavy atom. The number of phenolic OH excluding ortho intramolecular Hbond substituents is 1. The predicted octanol–water partition coefficient (Wildman–Crippen LogP) is 4.47. The van der Waals surface area contributed by atoms with Crippen LogP contribution in [0.1, 0.15) is 24.3 Å². The molecule has 1 saturated heterocycles. The Bertz CT molecular complexity index is 992. The van der Waals surface area contributed by atoms with Crippen molar-refractivity contribution in [1.82, 2.24) is 10.5 Å². The quantitative estimate of drug-likeness (QED) is 0.451. The van der Waals surface area contributed by atoms with E-state index in [9.17, 15) is 9.90 Å². The standard InChI is InChI=1S/C24H27N3O3S/c28-21-6-4-5-19(13-21)26-24(29)12-17-9-10-25-15-18(17)11-20-14-22(30-27-20)16-31-23-7-2-1-3-8-23/h1-8,13-14,17-18,25,28H,9-12,15-16H2,(H,26,29)/t17-,18+/m0/s1. The van der Waals surface area contributed by atoms with E-state index in [1.54, 1.807) is 36.0 Å². The number of thioether (sulfide) groups is 1. The Labute approximate surface area is 186 Å². The summed E-state index contributed by atoms with van der Waals surface area (Å²) in [4.78, 5) is 13.8. The van der Waals surface area contributed by atoms with Crippen LogP contribution in [0.25, 0.3) is 0 Å². The molecule has 0 aliphatic carbocycles. The number of aromatic hydroxyl groups is 1. The van der Waals surface area contributed by atoms with Gasteiger partial charge < -0.3 is 20.3 Å². The fourth-order valence-electron chi connectivity index (χ4n) is 3.98. The summed E-state index contributed by atoms with van der Waals surface area (Å²) in [5.41, 5.74) is 1.56. The molecule has 0 radical (unpaired) electrons. The van der Waals surface area contributed by atoms with E-state index in [1.165, 1.54) is 4.90 Å². The highest BCUT2D eigenvalue weighted by atomic mass is 32.2. The molecule has 3 N–H and O–H groups in total. The van der Waals surface area contributed by atoms with Crippen LogP contribution in [0, 0.1) is 11.8 Å². The van der Waals surface area contributed by atoms with Crippen molar-refractivity contribution < 1.29 is 14.4 Å². The molecule has 0 saturated carbocycles. The van der Waals surface area contributed by atoms with Gasteiger partial charge >= 0.3 is 0 Å². The Morgan fingerprint density at radius 2 is 2.03 bits per heavy atom. The second-order valence-electron chi connectivity index (χ2n) is 7.91. The van der Waals surface area contributed by atoms with E-state index in [-0.39, 0.29) is 17.6 Å². The molecule has 1 aromatic heterocycles. The van der Waals surface area contributed by atoms with Gasteiger partial charge in [-0.1, -0.05) is 29.4 Å². The number of aromatic nitrogens is 1. The average Bonchev–Trinajstić information content (AvgIpc) is 3.22. The van der Waals surface area contributed by atoms with E-state index in [1.807, 2.05) is 24.3 Å². The first kappa shape index (κ1) is 21.5. The molecule has 0 unspecified atom stereocenters.